The summed E-state index contributed by atoms with van der Waals surface area (Å²) < 4.78 is 0. The molecule has 2 aliphatic rings. The molecule has 1 aliphatic heterocycles. The van der Waals surface area contributed by atoms with Gasteiger partial charge in [-0.25, -0.2) is 9.97 Å². The Kier molecular flexibility index (Phi) is 11.0. The third-order valence-electron chi connectivity index (χ3n) is 8.23. The molecule has 2 aromatic heterocycles. The number of fused-ring (bicyclic) bond motifs is 4. The summed E-state index contributed by atoms with van der Waals surface area (Å²) in [7, 11) is 0. The third kappa shape index (κ3) is 8.53. The maximum atomic E-state index is 13.6. The number of nitrogens with zero attached hydrogens (tertiary/aromatic N) is 3. The second-order valence-corrected chi connectivity index (χ2v) is 13.8. The number of hydrogen-bond donors (Lipinski definition) is 4. The van der Waals surface area contributed by atoms with Crippen molar-refractivity contribution in [3.8, 4) is 0 Å². The number of thiazole rings is 2. The zero-order chi connectivity index (χ0) is 31.9. The van der Waals surface area contributed by atoms with Crippen molar-refractivity contribution in [1.29, 1.82) is 0 Å². The Morgan fingerprint density at radius 3 is 2.33 bits per heavy atom. The minimum absolute atomic E-state index is 0.00397. The summed E-state index contributed by atoms with van der Waals surface area (Å²) in [5, 5.41) is 23.5. The first-order chi connectivity index (χ1) is 21.7. The molecule has 13 heteroatoms. The van der Waals surface area contributed by atoms with Gasteiger partial charge in [-0.15, -0.1) is 22.7 Å². The van der Waals surface area contributed by atoms with E-state index in [-0.39, 0.29) is 59.9 Å². The molecule has 1 aromatic carbocycles. The molecule has 0 saturated heterocycles. The lowest BCUT2D eigenvalue weighted by Gasteiger charge is -2.31. The molecule has 1 saturated carbocycles. The topological polar surface area (TPSA) is 154 Å². The number of nitrogens with one attached hydrogen (secondary N) is 3. The van der Waals surface area contributed by atoms with E-state index in [4.69, 9.17) is 0 Å². The first kappa shape index (κ1) is 32.7. The maximum absolute atomic E-state index is 13.6. The molecule has 3 aromatic rings. The van der Waals surface area contributed by atoms with Crippen molar-refractivity contribution < 1.29 is 24.3 Å². The zero-order valence-corrected chi connectivity index (χ0v) is 27.2. The minimum atomic E-state index is -0.517. The van der Waals surface area contributed by atoms with Gasteiger partial charge in [0.1, 0.15) is 21.4 Å². The van der Waals surface area contributed by atoms with Crippen LogP contribution in [0.1, 0.15) is 94.6 Å². The fourth-order valence-electron chi connectivity index (χ4n) is 5.69. The van der Waals surface area contributed by atoms with Crippen LogP contribution >= 0.6 is 22.7 Å². The summed E-state index contributed by atoms with van der Waals surface area (Å²) in [6.45, 7) is 4.38. The molecule has 4 bridgehead atoms. The predicted molar refractivity (Wildman–Crippen MR) is 172 cm³/mol. The lowest BCUT2D eigenvalue weighted by atomic mass is 9.86. The van der Waals surface area contributed by atoms with Gasteiger partial charge in [-0.05, 0) is 50.0 Å². The molecule has 240 valence electrons. The predicted octanol–water partition coefficient (Wildman–Crippen LogP) is 3.64. The first-order valence-electron chi connectivity index (χ1n) is 15.5. The van der Waals surface area contributed by atoms with Gasteiger partial charge in [-0.3, -0.25) is 19.2 Å². The van der Waals surface area contributed by atoms with E-state index in [0.717, 1.165) is 5.56 Å². The second-order valence-electron chi connectivity index (χ2n) is 12.0. The highest BCUT2D eigenvalue weighted by Crippen LogP contribution is 2.28. The number of rotatable bonds is 4. The highest BCUT2D eigenvalue weighted by Gasteiger charge is 2.31. The van der Waals surface area contributed by atoms with Gasteiger partial charge in [-0.2, -0.15) is 0 Å². The maximum Gasteiger partial charge on any atom is 0.271 e. The number of amides is 4. The Hall–Kier alpha value is -3.68. The Morgan fingerprint density at radius 1 is 0.956 bits per heavy atom. The fourth-order valence-corrected chi connectivity index (χ4v) is 7.56. The molecule has 0 unspecified atom stereocenters. The third-order valence-corrected chi connectivity index (χ3v) is 10.1. The summed E-state index contributed by atoms with van der Waals surface area (Å²) in [6, 6.07) is 8.79. The van der Waals surface area contributed by atoms with Gasteiger partial charge in [0.25, 0.3) is 11.8 Å². The summed E-state index contributed by atoms with van der Waals surface area (Å²) in [6.07, 6.45) is 2.75. The van der Waals surface area contributed by atoms with Crippen molar-refractivity contribution in [1.82, 2.24) is 30.8 Å². The van der Waals surface area contributed by atoms with Gasteiger partial charge in [0.2, 0.25) is 11.8 Å². The minimum Gasteiger partial charge on any atom is -0.393 e. The number of carbonyl (C=O) groups excluding carboxylic acids is 4. The molecule has 11 nitrogen and oxygen atoms in total. The lowest BCUT2D eigenvalue weighted by Crippen LogP contribution is -2.46. The Balaban J connectivity index is 1.44. The molecule has 1 aliphatic carbocycles. The number of carbonyl (C=O) groups is 4. The molecule has 4 amide bonds. The number of aliphatic hydroxyl groups excluding tert-OH is 1. The molecule has 4 N–H and O–H groups in total. The monoisotopic (exact) mass is 652 g/mol. The Labute approximate surface area is 270 Å². The summed E-state index contributed by atoms with van der Waals surface area (Å²) >= 11 is 2.61. The smallest absolute Gasteiger partial charge is 0.271 e. The molecular formula is C32H40N6O5S2. The van der Waals surface area contributed by atoms with Gasteiger partial charge in [-0.1, -0.05) is 44.2 Å². The van der Waals surface area contributed by atoms with E-state index in [1.807, 2.05) is 44.2 Å². The largest absolute Gasteiger partial charge is 0.393 e. The van der Waals surface area contributed by atoms with Crippen molar-refractivity contribution in [3.63, 3.8) is 0 Å². The van der Waals surface area contributed by atoms with Crippen molar-refractivity contribution in [2.24, 2.45) is 11.8 Å². The van der Waals surface area contributed by atoms with Crippen LogP contribution in [-0.2, 0) is 16.0 Å². The molecule has 0 radical (unpaired) electrons. The Morgan fingerprint density at radius 2 is 1.62 bits per heavy atom. The Bertz CT molecular complexity index is 1480. The average Bonchev–Trinajstić information content (AvgIpc) is 3.72. The van der Waals surface area contributed by atoms with Gasteiger partial charge in [0.05, 0.1) is 24.7 Å². The molecule has 45 heavy (non-hydrogen) atoms. The van der Waals surface area contributed by atoms with E-state index in [9.17, 15) is 24.3 Å². The van der Waals surface area contributed by atoms with Crippen LogP contribution in [0.25, 0.3) is 0 Å². The van der Waals surface area contributed by atoms with Crippen LogP contribution in [-0.4, -0.2) is 69.3 Å². The van der Waals surface area contributed by atoms with Gasteiger partial charge < -0.3 is 26.0 Å². The quantitative estimate of drug-likeness (QED) is 0.336. The number of aromatic nitrogens is 2. The van der Waals surface area contributed by atoms with Crippen molar-refractivity contribution in [3.05, 3.63) is 68.1 Å². The summed E-state index contributed by atoms with van der Waals surface area (Å²) in [5.74, 6) is -1.42. The number of benzene rings is 1. The van der Waals surface area contributed by atoms with E-state index in [1.165, 1.54) is 22.7 Å². The number of aliphatic hydroxyl groups is 1. The lowest BCUT2D eigenvalue weighted by molar-refractivity contribution is -0.141. The first-order valence-corrected chi connectivity index (χ1v) is 17.2. The highest BCUT2D eigenvalue weighted by molar-refractivity contribution is 7.10. The normalized spacial score (nSPS) is 23.7. The standard InChI is InChI=1S/C32H40N6O5S2/c1-19(2)27-31-36-24(17-45-31)28(41)33-13-6-14-38(32(43)21-9-11-22(39)12-10-21)16-26(40)34-23(15-20-7-4-3-5-8-20)30-35-25(18-44-30)29(42)37-27/h3-5,7-8,17-19,21-23,27,39H,6,9-16H2,1-2H3,(H,33,41)(H,34,40)(H,37,42)/t21?,22?,23-,27-/m0/s1. The second kappa shape index (κ2) is 15.1. The van der Waals surface area contributed by atoms with Crippen LogP contribution in [0.15, 0.2) is 41.1 Å². The van der Waals surface area contributed by atoms with Crippen LogP contribution in [0.5, 0.6) is 0 Å². The molecule has 1 fully saturated rings. The van der Waals surface area contributed by atoms with Gasteiger partial charge >= 0.3 is 0 Å². The van der Waals surface area contributed by atoms with E-state index >= 15 is 0 Å². The summed E-state index contributed by atoms with van der Waals surface area (Å²) in [5.41, 5.74) is 1.49. The van der Waals surface area contributed by atoms with Crippen molar-refractivity contribution in [2.45, 2.75) is 70.6 Å². The molecule has 3 heterocycles. The number of hydrogen-bond acceptors (Lipinski definition) is 9. The van der Waals surface area contributed by atoms with E-state index in [1.54, 1.807) is 15.7 Å². The average molecular weight is 653 g/mol. The summed E-state index contributed by atoms with van der Waals surface area (Å²) in [4.78, 5) is 64.2. The van der Waals surface area contributed by atoms with Crippen molar-refractivity contribution in [2.75, 3.05) is 19.6 Å². The van der Waals surface area contributed by atoms with Crippen LogP contribution in [0, 0.1) is 11.8 Å². The molecule has 5 rings (SSSR count). The zero-order valence-electron chi connectivity index (χ0n) is 25.5. The van der Waals surface area contributed by atoms with Gasteiger partial charge in [0, 0.05) is 29.8 Å². The molecule has 2 atom stereocenters. The molecule has 0 spiro atoms. The molecular weight excluding hydrogens is 613 g/mol. The highest BCUT2D eigenvalue weighted by atomic mass is 32.1. The van der Waals surface area contributed by atoms with Crippen LogP contribution in [0.2, 0.25) is 0 Å². The van der Waals surface area contributed by atoms with Crippen LogP contribution in [0.4, 0.5) is 0 Å². The SMILES string of the molecule is CC(C)[C@@H]1NC(=O)c2csc(n2)[C@H](Cc2ccccc2)NC(=O)CN(C(=O)C2CCC(O)CC2)CCCNC(=O)c2csc1n2. The van der Waals surface area contributed by atoms with Crippen LogP contribution in [0.3, 0.4) is 0 Å². The fraction of sp³-hybridized carbons (Fsp3) is 0.500. The van der Waals surface area contributed by atoms with Gasteiger partial charge in [0.15, 0.2) is 0 Å². The van der Waals surface area contributed by atoms with Crippen molar-refractivity contribution >= 4 is 46.3 Å². The van der Waals surface area contributed by atoms with E-state index in [2.05, 4.69) is 25.9 Å². The van der Waals surface area contributed by atoms with Crippen LogP contribution < -0.4 is 16.0 Å². The van der Waals surface area contributed by atoms with E-state index < -0.39 is 18.2 Å². The van der Waals surface area contributed by atoms with E-state index in [0.29, 0.717) is 55.1 Å².